The van der Waals surface area contributed by atoms with Crippen LogP contribution in [0.3, 0.4) is 0 Å². The summed E-state index contributed by atoms with van der Waals surface area (Å²) in [6.07, 6.45) is 1.03. The average Bonchev–Trinajstić information content (AvgIpc) is 3.42. The van der Waals surface area contributed by atoms with Crippen molar-refractivity contribution in [3.63, 3.8) is 0 Å². The van der Waals surface area contributed by atoms with Crippen molar-refractivity contribution in [1.29, 1.82) is 0 Å². The van der Waals surface area contributed by atoms with Crippen LogP contribution in [0.1, 0.15) is 80.5 Å². The monoisotopic (exact) mass is 710 g/mol. The third-order valence-corrected chi connectivity index (χ3v) is 10.5. The van der Waals surface area contributed by atoms with E-state index in [0.29, 0.717) is 0 Å². The van der Waals surface area contributed by atoms with E-state index >= 15 is 0 Å². The van der Waals surface area contributed by atoms with Gasteiger partial charge in [-0.05, 0) is 28.4 Å². The van der Waals surface area contributed by atoms with Gasteiger partial charge < -0.3 is 24.8 Å². The fourth-order valence-corrected chi connectivity index (χ4v) is 7.59. The van der Waals surface area contributed by atoms with Crippen LogP contribution in [0.2, 0.25) is 19.6 Å². The van der Waals surface area contributed by atoms with Crippen molar-refractivity contribution in [2.75, 3.05) is 0 Å². The molecule has 0 bridgehead atoms. The second-order valence-corrected chi connectivity index (χ2v) is 20.1. The zero-order chi connectivity index (χ0) is 30.8. The van der Waals surface area contributed by atoms with Gasteiger partial charge in [0.25, 0.3) is 0 Å². The molecule has 0 nitrogen and oxygen atoms in total. The predicted molar refractivity (Wildman–Crippen MR) is 177 cm³/mol. The van der Waals surface area contributed by atoms with Crippen LogP contribution in [-0.2, 0) is 41.5 Å². The number of halogens is 3. The summed E-state index contributed by atoms with van der Waals surface area (Å²) in [5.74, 6) is -0.170. The zero-order valence-electron chi connectivity index (χ0n) is 27.8. The Hall–Kier alpha value is -1.51. The van der Waals surface area contributed by atoms with E-state index in [1.165, 1.54) is 80.9 Å². The Morgan fingerprint density at radius 3 is 1.84 bits per heavy atom. The first-order chi connectivity index (χ1) is 18.9. The third kappa shape index (κ3) is 10.8. The number of aryl methyl sites for hydroxylation is 2. The maximum absolute atomic E-state index is 12.2. The van der Waals surface area contributed by atoms with E-state index in [2.05, 4.69) is 124 Å². The Morgan fingerprint density at radius 2 is 1.40 bits per heavy atom. The number of fused-ring (bicyclic) bond motifs is 3. The molecule has 4 aromatic rings. The van der Waals surface area contributed by atoms with Crippen LogP contribution < -0.4 is 30.0 Å². The number of hydrogen-bond donors (Lipinski definition) is 0. The van der Waals surface area contributed by atoms with Gasteiger partial charge in [-0.2, -0.15) is 46.1 Å². The minimum absolute atomic E-state index is 0. The maximum Gasteiger partial charge on any atom is -1.00 e. The molecule has 0 spiro atoms. The van der Waals surface area contributed by atoms with Gasteiger partial charge in [0.1, 0.15) is 0 Å². The molecule has 5 rings (SSSR count). The number of benzene rings is 3. The summed E-state index contributed by atoms with van der Waals surface area (Å²) < 4.78 is 14.2. The third-order valence-electron chi connectivity index (χ3n) is 7.55. The molecule has 43 heavy (non-hydrogen) atoms. The van der Waals surface area contributed by atoms with Gasteiger partial charge in [-0.1, -0.05) is 98.8 Å². The second-order valence-electron chi connectivity index (χ2n) is 14.4. The minimum atomic E-state index is -1.06. The van der Waals surface area contributed by atoms with Crippen LogP contribution >= 0.6 is 0 Å². The Bertz CT molecular complexity index is 1440. The minimum Gasteiger partial charge on any atom is -1.00 e. The van der Waals surface area contributed by atoms with E-state index in [1.807, 2.05) is 3.71 Å². The first-order valence-electron chi connectivity index (χ1n) is 14.6. The molecule has 1 aliphatic carbocycles. The molecule has 0 radical (unpaired) electrons. The summed E-state index contributed by atoms with van der Waals surface area (Å²) >= 11 is 1.34. The van der Waals surface area contributed by atoms with Crippen molar-refractivity contribution in [2.45, 2.75) is 92.3 Å². The van der Waals surface area contributed by atoms with E-state index in [-0.39, 0.29) is 41.5 Å². The van der Waals surface area contributed by atoms with Gasteiger partial charge in [-0.15, -0.1) is 11.1 Å². The van der Waals surface area contributed by atoms with Crippen LogP contribution in [0.25, 0.3) is 11.1 Å². The largest absolute Gasteiger partial charge is 1.00 e. The van der Waals surface area contributed by atoms with Crippen molar-refractivity contribution < 1.29 is 53.4 Å². The summed E-state index contributed by atoms with van der Waals surface area (Å²) in [5, 5.41) is 1.62. The smallest absolute Gasteiger partial charge is 1.00 e. The molecule has 0 aliphatic heterocycles. The summed E-state index contributed by atoms with van der Waals surface area (Å²) in [4.78, 5) is 0. The summed E-state index contributed by atoms with van der Waals surface area (Å²) in [7, 11) is -1.06. The molecule has 0 saturated carbocycles. The van der Waals surface area contributed by atoms with Crippen LogP contribution in [0.4, 0.5) is 4.39 Å². The quantitative estimate of drug-likeness (QED) is 0.194. The SMILES string of the molecule is CC(C)(C)c1[c-]c2c(cc1)-c1ccc(C(C)(C)C)cc1C2.Cc1cc([Si](C)(C)C)c(C)[cH-]1.Fc1ccc([CH]=[Zr+2])cc1.[Cl-].[Cl-]. The molecule has 5 heteroatoms. The molecule has 0 atom stereocenters. The summed E-state index contributed by atoms with van der Waals surface area (Å²) in [6, 6.07) is 26.3. The molecular formula is C38H47Cl2FSiZr-2. The van der Waals surface area contributed by atoms with Gasteiger partial charge in [0.15, 0.2) is 0 Å². The Kier molecular flexibility index (Phi) is 14.4. The van der Waals surface area contributed by atoms with E-state index in [1.54, 1.807) is 17.3 Å². The Morgan fingerprint density at radius 1 is 0.814 bits per heavy atom. The number of hydrogen-bond acceptors (Lipinski definition) is 0. The van der Waals surface area contributed by atoms with Crippen molar-refractivity contribution >= 4 is 17.0 Å². The fourth-order valence-electron chi connectivity index (χ4n) is 5.20. The van der Waals surface area contributed by atoms with Crippen molar-refractivity contribution in [3.05, 3.63) is 118 Å². The van der Waals surface area contributed by atoms with Crippen LogP contribution in [0, 0.1) is 25.7 Å². The molecule has 0 heterocycles. The van der Waals surface area contributed by atoms with E-state index in [4.69, 9.17) is 0 Å². The molecule has 0 aromatic heterocycles. The topological polar surface area (TPSA) is 0 Å². The first-order valence-corrected chi connectivity index (χ1v) is 19.5. The molecule has 0 unspecified atom stereocenters. The molecule has 230 valence electrons. The standard InChI is InChI=1S/C21H25.C10H17Si.C7H5F.2ClH.Zr/c1-20(2,3)16-7-9-18-14(12-16)11-15-13-17(21(4,5)6)8-10-19(15)18;1-8-6-9(2)10(7-8)11(3,4)5;1-6-2-4-7(8)5-3-6;;;/h7-10,12H,11H2,1-6H3;6-7H,1-5H3;1-5H;2*1H;/q2*-1;;;;+2/p-2. The van der Waals surface area contributed by atoms with Gasteiger partial charge in [0.2, 0.25) is 0 Å². The zero-order valence-corrected chi connectivity index (χ0v) is 32.7. The Labute approximate surface area is 289 Å². The van der Waals surface area contributed by atoms with E-state index in [0.717, 1.165) is 12.0 Å². The van der Waals surface area contributed by atoms with Gasteiger partial charge in [-0.25, -0.2) is 6.07 Å². The molecule has 0 amide bonds. The molecule has 0 N–H and O–H groups in total. The van der Waals surface area contributed by atoms with Crippen molar-refractivity contribution in [1.82, 2.24) is 0 Å². The molecule has 4 aromatic carbocycles. The maximum atomic E-state index is 12.2. The first kappa shape index (κ1) is 39.5. The molecule has 1 aliphatic rings. The summed E-state index contributed by atoms with van der Waals surface area (Å²) in [6.45, 7) is 25.2. The molecule has 0 fully saturated rings. The van der Waals surface area contributed by atoms with Crippen LogP contribution in [-0.4, -0.2) is 11.8 Å². The fraction of sp³-hybridized carbons (Fsp3) is 0.368. The normalized spacial score (nSPS) is 11.9. The van der Waals surface area contributed by atoms with Gasteiger partial charge in [0.05, 0.1) is 0 Å². The van der Waals surface area contributed by atoms with Gasteiger partial charge >= 0.3 is 68.0 Å². The van der Waals surface area contributed by atoms with Crippen LogP contribution in [0.15, 0.2) is 66.7 Å². The average molecular weight is 713 g/mol. The van der Waals surface area contributed by atoms with E-state index < -0.39 is 8.07 Å². The van der Waals surface area contributed by atoms with E-state index in [9.17, 15) is 4.39 Å². The summed E-state index contributed by atoms with van der Waals surface area (Å²) in [5.41, 5.74) is 12.7. The second kappa shape index (κ2) is 15.7. The van der Waals surface area contributed by atoms with Gasteiger partial charge in [-0.3, -0.25) is 0 Å². The van der Waals surface area contributed by atoms with Crippen LogP contribution in [0.5, 0.6) is 0 Å². The van der Waals surface area contributed by atoms with Gasteiger partial charge in [0, 0.05) is 8.07 Å². The van der Waals surface area contributed by atoms with Crippen molar-refractivity contribution in [3.8, 4) is 11.1 Å². The Balaban J connectivity index is 0.000000356. The molecule has 0 saturated heterocycles. The number of rotatable bonds is 2. The van der Waals surface area contributed by atoms with Crippen molar-refractivity contribution in [2.24, 2.45) is 0 Å². The molecular weight excluding hydrogens is 666 g/mol. The predicted octanol–water partition coefficient (Wildman–Crippen LogP) is 3.75.